The zero-order chi connectivity index (χ0) is 13.7. The zero-order valence-electron chi connectivity index (χ0n) is 10.5. The number of aliphatic hydroxyl groups excluding tert-OH is 2. The highest BCUT2D eigenvalue weighted by molar-refractivity contribution is 5.79. The first-order chi connectivity index (χ1) is 8.40. The van der Waals surface area contributed by atoms with E-state index in [1.165, 1.54) is 6.08 Å². The fourth-order valence-electron chi connectivity index (χ4n) is 1.71. The van der Waals surface area contributed by atoms with E-state index in [9.17, 15) is 15.0 Å². The summed E-state index contributed by atoms with van der Waals surface area (Å²) < 4.78 is 10.8. The van der Waals surface area contributed by atoms with Crippen LogP contribution in [0.15, 0.2) is 12.2 Å². The maximum atomic E-state index is 10.3. The van der Waals surface area contributed by atoms with Gasteiger partial charge in [0.2, 0.25) is 0 Å². The van der Waals surface area contributed by atoms with Gasteiger partial charge < -0.3 is 24.8 Å². The summed E-state index contributed by atoms with van der Waals surface area (Å²) in [6.07, 6.45) is 0.146. The molecule has 104 valence electrons. The molecule has 6 nitrogen and oxygen atoms in total. The van der Waals surface area contributed by atoms with E-state index in [2.05, 4.69) is 0 Å². The quantitative estimate of drug-likeness (QED) is 0.614. The van der Waals surface area contributed by atoms with Crippen LogP contribution in [0, 0.1) is 0 Å². The van der Waals surface area contributed by atoms with E-state index >= 15 is 0 Å². The topological polar surface area (TPSA) is 96.2 Å². The number of carbonyl (C=O) groups is 1. The van der Waals surface area contributed by atoms with Crippen molar-refractivity contribution < 1.29 is 29.6 Å². The molecule has 0 aromatic carbocycles. The van der Waals surface area contributed by atoms with E-state index in [4.69, 9.17) is 14.6 Å². The van der Waals surface area contributed by atoms with Gasteiger partial charge in [-0.25, -0.2) is 4.79 Å². The number of aliphatic hydroxyl groups is 2. The van der Waals surface area contributed by atoms with E-state index in [0.717, 1.165) is 6.08 Å². The maximum absolute atomic E-state index is 10.3. The van der Waals surface area contributed by atoms with Crippen LogP contribution in [0.3, 0.4) is 0 Å². The Kier molecular flexibility index (Phi) is 5.74. The molecule has 1 aliphatic heterocycles. The zero-order valence-corrected chi connectivity index (χ0v) is 10.5. The first-order valence-corrected chi connectivity index (χ1v) is 5.96. The van der Waals surface area contributed by atoms with Crippen LogP contribution in [0.25, 0.3) is 0 Å². The molecule has 6 heteroatoms. The molecule has 1 heterocycles. The van der Waals surface area contributed by atoms with Crippen molar-refractivity contribution >= 4 is 5.97 Å². The van der Waals surface area contributed by atoms with Crippen molar-refractivity contribution in [1.82, 2.24) is 0 Å². The molecule has 2 unspecified atom stereocenters. The Hall–Kier alpha value is -0.950. The highest BCUT2D eigenvalue weighted by Gasteiger charge is 2.35. The van der Waals surface area contributed by atoms with Crippen molar-refractivity contribution in [2.75, 3.05) is 0 Å². The van der Waals surface area contributed by atoms with Gasteiger partial charge in [-0.05, 0) is 20.3 Å². The van der Waals surface area contributed by atoms with E-state index in [1.54, 1.807) is 13.8 Å². The number of hydrogen-bond acceptors (Lipinski definition) is 5. The lowest BCUT2D eigenvalue weighted by Crippen LogP contribution is -2.48. The first-order valence-electron chi connectivity index (χ1n) is 5.96. The summed E-state index contributed by atoms with van der Waals surface area (Å²) >= 11 is 0. The third kappa shape index (κ3) is 4.73. The molecule has 0 aromatic heterocycles. The van der Waals surface area contributed by atoms with Gasteiger partial charge in [0.1, 0.15) is 6.10 Å². The molecular weight excluding hydrogens is 240 g/mol. The van der Waals surface area contributed by atoms with Crippen molar-refractivity contribution in [2.24, 2.45) is 0 Å². The summed E-state index contributed by atoms with van der Waals surface area (Å²) in [5.41, 5.74) is 0. The number of hydrogen-bond donors (Lipinski definition) is 3. The van der Waals surface area contributed by atoms with Gasteiger partial charge in [-0.1, -0.05) is 6.08 Å². The van der Waals surface area contributed by atoms with E-state index in [-0.39, 0.29) is 18.6 Å². The Bertz CT molecular complexity index is 303. The smallest absolute Gasteiger partial charge is 0.327 e. The van der Waals surface area contributed by atoms with Gasteiger partial charge >= 0.3 is 5.97 Å². The number of rotatable bonds is 5. The monoisotopic (exact) mass is 260 g/mol. The Morgan fingerprint density at radius 1 is 1.50 bits per heavy atom. The normalized spacial score (nSPS) is 34.7. The Balaban J connectivity index is 2.39. The van der Waals surface area contributed by atoms with Crippen LogP contribution in [0.5, 0.6) is 0 Å². The second-order valence-corrected chi connectivity index (χ2v) is 4.50. The minimum Gasteiger partial charge on any atom is -0.478 e. The van der Waals surface area contributed by atoms with Crippen LogP contribution in [0.2, 0.25) is 0 Å². The third-order valence-corrected chi connectivity index (χ3v) is 2.78. The Morgan fingerprint density at radius 2 is 2.17 bits per heavy atom. The van der Waals surface area contributed by atoms with Gasteiger partial charge in [0.25, 0.3) is 0 Å². The lowest BCUT2D eigenvalue weighted by atomic mass is 10.0. The molecule has 0 aliphatic carbocycles. The van der Waals surface area contributed by atoms with Crippen LogP contribution in [0.4, 0.5) is 0 Å². The predicted molar refractivity (Wildman–Crippen MR) is 62.9 cm³/mol. The molecule has 1 saturated heterocycles. The van der Waals surface area contributed by atoms with Crippen molar-refractivity contribution in [3.05, 3.63) is 12.2 Å². The first kappa shape index (κ1) is 15.1. The number of ether oxygens (including phenoxy) is 2. The van der Waals surface area contributed by atoms with E-state index in [1.807, 2.05) is 0 Å². The molecule has 1 aliphatic rings. The summed E-state index contributed by atoms with van der Waals surface area (Å²) in [7, 11) is 0. The second-order valence-electron chi connectivity index (χ2n) is 4.50. The number of aliphatic carboxylic acids is 1. The largest absolute Gasteiger partial charge is 0.478 e. The molecule has 0 radical (unpaired) electrons. The van der Waals surface area contributed by atoms with Crippen LogP contribution in [-0.4, -0.2) is 52.0 Å². The predicted octanol–water partition coefficient (Wildman–Crippen LogP) is 0.279. The standard InChI is InChI=1S/C12H20O6/c1-7(4-3-5-11(15)16)17-12-10(14)6-9(13)8(2)18-12/h3,5,7-10,12-14H,4,6H2,1-2H3,(H,15,16)/t7-,8?,9-,10?,12-/m1/s1. The molecule has 0 spiro atoms. The van der Waals surface area contributed by atoms with Crippen LogP contribution in [-0.2, 0) is 14.3 Å². The molecule has 5 atom stereocenters. The van der Waals surface area contributed by atoms with Gasteiger partial charge in [0.05, 0.1) is 18.3 Å². The average molecular weight is 260 g/mol. The van der Waals surface area contributed by atoms with Gasteiger partial charge in [-0.3, -0.25) is 0 Å². The average Bonchev–Trinajstić information content (AvgIpc) is 2.25. The molecule has 0 aromatic rings. The molecule has 0 saturated carbocycles. The molecule has 0 amide bonds. The number of carboxylic acid groups (broad SMARTS) is 1. The fraction of sp³-hybridized carbons (Fsp3) is 0.750. The Morgan fingerprint density at radius 3 is 2.78 bits per heavy atom. The van der Waals surface area contributed by atoms with Gasteiger partial charge in [0, 0.05) is 12.5 Å². The molecular formula is C12H20O6. The summed E-state index contributed by atoms with van der Waals surface area (Å²) in [5, 5.41) is 27.6. The van der Waals surface area contributed by atoms with E-state index in [0.29, 0.717) is 6.42 Å². The maximum Gasteiger partial charge on any atom is 0.327 e. The minimum atomic E-state index is -1.01. The molecule has 18 heavy (non-hydrogen) atoms. The Labute approximate surface area is 106 Å². The van der Waals surface area contributed by atoms with Crippen molar-refractivity contribution in [1.29, 1.82) is 0 Å². The molecule has 1 fully saturated rings. The highest BCUT2D eigenvalue weighted by Crippen LogP contribution is 2.22. The lowest BCUT2D eigenvalue weighted by Gasteiger charge is -2.36. The SMILES string of the molecule is CC1O[C@@H](O[C@H](C)CC=CC(=O)O)C(O)C[C@H]1O. The van der Waals surface area contributed by atoms with E-state index < -0.39 is 24.5 Å². The van der Waals surface area contributed by atoms with Crippen LogP contribution < -0.4 is 0 Å². The summed E-state index contributed by atoms with van der Waals surface area (Å²) in [6, 6.07) is 0. The summed E-state index contributed by atoms with van der Waals surface area (Å²) in [5.74, 6) is -1.01. The van der Waals surface area contributed by atoms with Gasteiger partial charge in [-0.15, -0.1) is 0 Å². The van der Waals surface area contributed by atoms with Gasteiger partial charge in [0.15, 0.2) is 6.29 Å². The second kappa shape index (κ2) is 6.84. The highest BCUT2D eigenvalue weighted by atomic mass is 16.7. The van der Waals surface area contributed by atoms with Crippen molar-refractivity contribution in [2.45, 2.75) is 57.4 Å². The summed E-state index contributed by atoms with van der Waals surface area (Å²) in [6.45, 7) is 3.47. The van der Waals surface area contributed by atoms with Crippen LogP contribution in [0.1, 0.15) is 26.7 Å². The summed E-state index contributed by atoms with van der Waals surface area (Å²) in [4.78, 5) is 10.3. The van der Waals surface area contributed by atoms with Crippen molar-refractivity contribution in [3.63, 3.8) is 0 Å². The van der Waals surface area contributed by atoms with Crippen molar-refractivity contribution in [3.8, 4) is 0 Å². The van der Waals surface area contributed by atoms with Gasteiger partial charge in [-0.2, -0.15) is 0 Å². The minimum absolute atomic E-state index is 0.212. The molecule has 0 bridgehead atoms. The molecule has 1 rings (SSSR count). The third-order valence-electron chi connectivity index (χ3n) is 2.78. The lowest BCUT2D eigenvalue weighted by molar-refractivity contribution is -0.272. The van der Waals surface area contributed by atoms with Crippen LogP contribution >= 0.6 is 0 Å². The fourth-order valence-corrected chi connectivity index (χ4v) is 1.71. The number of carboxylic acids is 1. The molecule has 3 N–H and O–H groups in total.